The normalized spacial score (nSPS) is 19.3. The number of halogens is 1. The number of aromatic nitrogens is 1. The van der Waals surface area contributed by atoms with Crippen molar-refractivity contribution in [1.29, 1.82) is 0 Å². The third-order valence-electron chi connectivity index (χ3n) is 4.62. The first-order valence-electron chi connectivity index (χ1n) is 8.23. The van der Waals surface area contributed by atoms with Crippen LogP contribution in [0.15, 0.2) is 53.0 Å². The maximum atomic E-state index is 11.8. The Kier molecular flexibility index (Phi) is 4.58. The minimum Gasteiger partial charge on any atom is -0.480 e. The van der Waals surface area contributed by atoms with Gasteiger partial charge in [-0.15, -0.1) is 11.3 Å². The van der Waals surface area contributed by atoms with E-state index in [4.69, 9.17) is 4.98 Å². The number of nitrogens with zero attached hydrogens (tertiary/aromatic N) is 2. The summed E-state index contributed by atoms with van der Waals surface area (Å²) < 4.78 is 2.12. The number of likely N-dealkylation sites (tertiary alicyclic amines) is 1. The van der Waals surface area contributed by atoms with Crippen LogP contribution in [-0.2, 0) is 4.79 Å². The molecule has 4 nitrogen and oxygen atoms in total. The number of hydrogen-bond donors (Lipinski definition) is 1. The predicted molar refractivity (Wildman–Crippen MR) is 103 cm³/mol. The summed E-state index contributed by atoms with van der Waals surface area (Å²) >= 11 is 5.18. The molecule has 6 heteroatoms. The number of rotatable bonds is 4. The van der Waals surface area contributed by atoms with Crippen LogP contribution in [0.2, 0.25) is 0 Å². The van der Waals surface area contributed by atoms with Gasteiger partial charge in [0.05, 0.1) is 16.3 Å². The summed E-state index contributed by atoms with van der Waals surface area (Å²) in [5.41, 5.74) is 2.04. The first-order chi connectivity index (χ1) is 12.1. The number of thiazole rings is 1. The molecule has 2 unspecified atom stereocenters. The molecule has 0 bridgehead atoms. The van der Waals surface area contributed by atoms with Crippen molar-refractivity contribution in [1.82, 2.24) is 9.88 Å². The lowest BCUT2D eigenvalue weighted by molar-refractivity contribution is -0.142. The number of carboxylic acid groups (broad SMARTS) is 1. The minimum atomic E-state index is -0.751. The Morgan fingerprint density at radius 2 is 2.12 bits per heavy atom. The summed E-state index contributed by atoms with van der Waals surface area (Å²) in [5, 5.41) is 10.6. The predicted octanol–water partition coefficient (Wildman–Crippen LogP) is 4.70. The molecule has 1 aliphatic heterocycles. The van der Waals surface area contributed by atoms with Gasteiger partial charge in [0.2, 0.25) is 0 Å². The fraction of sp³-hybridized carbons (Fsp3) is 0.263. The van der Waals surface area contributed by atoms with Crippen LogP contribution in [0.1, 0.15) is 29.5 Å². The molecular formula is C19H17BrN2O2S. The third-order valence-corrected chi connectivity index (χ3v) is 6.20. The summed E-state index contributed by atoms with van der Waals surface area (Å²) in [4.78, 5) is 18.7. The molecule has 2 aromatic carbocycles. The molecule has 2 heterocycles. The van der Waals surface area contributed by atoms with Gasteiger partial charge in [0, 0.05) is 11.0 Å². The number of fused-ring (bicyclic) bond motifs is 1. The van der Waals surface area contributed by atoms with Crippen molar-refractivity contribution >= 4 is 43.5 Å². The Labute approximate surface area is 158 Å². The van der Waals surface area contributed by atoms with Crippen molar-refractivity contribution in [2.24, 2.45) is 0 Å². The van der Waals surface area contributed by atoms with Gasteiger partial charge in [-0.05, 0) is 42.7 Å². The summed E-state index contributed by atoms with van der Waals surface area (Å²) in [6.45, 7) is 0.768. The van der Waals surface area contributed by atoms with Gasteiger partial charge in [0.15, 0.2) is 0 Å². The molecule has 3 aromatic rings. The van der Waals surface area contributed by atoms with E-state index in [-0.39, 0.29) is 6.04 Å². The van der Waals surface area contributed by atoms with Crippen LogP contribution >= 0.6 is 27.3 Å². The van der Waals surface area contributed by atoms with Gasteiger partial charge in [-0.2, -0.15) is 0 Å². The van der Waals surface area contributed by atoms with E-state index in [9.17, 15) is 9.90 Å². The molecule has 4 rings (SSSR count). The number of carboxylic acids is 1. The minimum absolute atomic E-state index is 0.140. The standard InChI is InChI=1S/C19H17BrN2O2S/c20-13-6-3-5-12(11-13)17(22-10-4-8-15(22)19(23)24)18-21-14-7-1-2-9-16(14)25-18/h1-3,5-7,9,11,15,17H,4,8,10H2,(H,23,24). The van der Waals surface area contributed by atoms with Gasteiger partial charge in [0.1, 0.15) is 11.0 Å². The fourth-order valence-corrected chi connectivity index (χ4v) is 5.06. The van der Waals surface area contributed by atoms with Gasteiger partial charge in [-0.3, -0.25) is 9.69 Å². The first-order valence-corrected chi connectivity index (χ1v) is 9.84. The van der Waals surface area contributed by atoms with Crippen LogP contribution in [0.3, 0.4) is 0 Å². The van der Waals surface area contributed by atoms with Crippen LogP contribution in [0.25, 0.3) is 10.2 Å². The smallest absolute Gasteiger partial charge is 0.320 e. The zero-order valence-electron chi connectivity index (χ0n) is 13.4. The second-order valence-corrected chi connectivity index (χ2v) is 8.19. The van der Waals surface area contributed by atoms with E-state index in [1.807, 2.05) is 30.3 Å². The van der Waals surface area contributed by atoms with E-state index in [2.05, 4.69) is 39.0 Å². The molecule has 0 aliphatic carbocycles. The highest BCUT2D eigenvalue weighted by molar-refractivity contribution is 9.10. The van der Waals surface area contributed by atoms with Crippen LogP contribution < -0.4 is 0 Å². The Bertz CT molecular complexity index is 893. The van der Waals surface area contributed by atoms with E-state index in [0.717, 1.165) is 38.2 Å². The third kappa shape index (κ3) is 3.21. The van der Waals surface area contributed by atoms with E-state index >= 15 is 0 Å². The van der Waals surface area contributed by atoms with Crippen LogP contribution in [0.4, 0.5) is 0 Å². The van der Waals surface area contributed by atoms with E-state index in [1.165, 1.54) is 0 Å². The highest BCUT2D eigenvalue weighted by Gasteiger charge is 2.38. The number of para-hydroxylation sites is 1. The molecular weight excluding hydrogens is 400 g/mol. The Balaban J connectivity index is 1.84. The molecule has 128 valence electrons. The lowest BCUT2D eigenvalue weighted by Gasteiger charge is -2.30. The average Bonchev–Trinajstić information content (AvgIpc) is 3.22. The highest BCUT2D eigenvalue weighted by Crippen LogP contribution is 2.38. The monoisotopic (exact) mass is 416 g/mol. The van der Waals surface area contributed by atoms with Crippen molar-refractivity contribution in [2.75, 3.05) is 6.54 Å². The molecule has 0 saturated carbocycles. The molecule has 1 N–H and O–H groups in total. The van der Waals surface area contributed by atoms with Gasteiger partial charge >= 0.3 is 5.97 Å². The topological polar surface area (TPSA) is 53.4 Å². The highest BCUT2D eigenvalue weighted by atomic mass is 79.9. The lowest BCUT2D eigenvalue weighted by Crippen LogP contribution is -2.39. The molecule has 0 spiro atoms. The Hall–Kier alpha value is -1.76. The number of hydrogen-bond acceptors (Lipinski definition) is 4. The van der Waals surface area contributed by atoms with Gasteiger partial charge in [0.25, 0.3) is 0 Å². The van der Waals surface area contributed by atoms with E-state index < -0.39 is 12.0 Å². The number of benzene rings is 2. The quantitative estimate of drug-likeness (QED) is 0.669. The van der Waals surface area contributed by atoms with Crippen LogP contribution in [-0.4, -0.2) is 33.5 Å². The zero-order valence-corrected chi connectivity index (χ0v) is 15.8. The van der Waals surface area contributed by atoms with Gasteiger partial charge in [-0.1, -0.05) is 40.2 Å². The van der Waals surface area contributed by atoms with E-state index in [0.29, 0.717) is 6.42 Å². The van der Waals surface area contributed by atoms with Crippen molar-refractivity contribution < 1.29 is 9.90 Å². The maximum Gasteiger partial charge on any atom is 0.320 e. The molecule has 25 heavy (non-hydrogen) atoms. The second kappa shape index (κ2) is 6.86. The SMILES string of the molecule is O=C(O)C1CCCN1C(c1cccc(Br)c1)c1nc2ccccc2s1. The summed E-state index contributed by atoms with van der Waals surface area (Å²) in [6, 6.07) is 15.5. The van der Waals surface area contributed by atoms with Gasteiger partial charge in [-0.25, -0.2) is 4.98 Å². The van der Waals surface area contributed by atoms with Crippen molar-refractivity contribution in [3.8, 4) is 0 Å². The molecule has 1 saturated heterocycles. The van der Waals surface area contributed by atoms with Crippen LogP contribution in [0, 0.1) is 0 Å². The lowest BCUT2D eigenvalue weighted by atomic mass is 10.0. The van der Waals surface area contributed by atoms with Crippen molar-refractivity contribution in [3.05, 3.63) is 63.6 Å². The molecule has 1 fully saturated rings. The first kappa shape index (κ1) is 16.7. The average molecular weight is 417 g/mol. The van der Waals surface area contributed by atoms with Crippen LogP contribution in [0.5, 0.6) is 0 Å². The molecule has 1 aliphatic rings. The van der Waals surface area contributed by atoms with Crippen molar-refractivity contribution in [2.45, 2.75) is 24.9 Å². The summed E-state index contributed by atoms with van der Waals surface area (Å²) in [5.74, 6) is -0.751. The number of carbonyl (C=O) groups is 1. The molecule has 2 atom stereocenters. The Morgan fingerprint density at radius 3 is 2.88 bits per heavy atom. The summed E-state index contributed by atoms with van der Waals surface area (Å²) in [6.07, 6.45) is 1.58. The largest absolute Gasteiger partial charge is 0.480 e. The maximum absolute atomic E-state index is 11.8. The van der Waals surface area contributed by atoms with E-state index in [1.54, 1.807) is 11.3 Å². The molecule has 1 aromatic heterocycles. The second-order valence-electron chi connectivity index (χ2n) is 6.21. The van der Waals surface area contributed by atoms with Gasteiger partial charge < -0.3 is 5.11 Å². The summed E-state index contributed by atoms with van der Waals surface area (Å²) in [7, 11) is 0. The number of aliphatic carboxylic acids is 1. The Morgan fingerprint density at radius 1 is 1.28 bits per heavy atom. The zero-order chi connectivity index (χ0) is 17.4. The molecule has 0 radical (unpaired) electrons. The molecule has 0 amide bonds. The van der Waals surface area contributed by atoms with Crippen molar-refractivity contribution in [3.63, 3.8) is 0 Å². The fourth-order valence-electron chi connectivity index (χ4n) is 3.52.